The fourth-order valence-electron chi connectivity index (χ4n) is 0.993. The zero-order valence-corrected chi connectivity index (χ0v) is 10.1. The molecule has 1 heterocycles. The smallest absolute Gasteiger partial charge is 0.133 e. The molecule has 0 radical (unpaired) electrons. The number of nitrogens with two attached hydrogens (primary N) is 2. The van der Waals surface area contributed by atoms with E-state index in [-0.39, 0.29) is 5.38 Å². The maximum atomic E-state index is 5.87. The Kier molecular flexibility index (Phi) is 4.78. The molecule has 1 rings (SSSR count). The number of thioether (sulfide) groups is 1. The minimum Gasteiger partial charge on any atom is -0.404 e. The summed E-state index contributed by atoms with van der Waals surface area (Å²) < 4.78 is 0. The number of hydrogen-bond donors (Lipinski definition) is 2. The Bertz CT molecular complexity index is 333. The summed E-state index contributed by atoms with van der Waals surface area (Å²) in [5, 5.41) is 1.84. The minimum absolute atomic E-state index is 0.161. The standard InChI is InChI=1S/C10H14ClN3S/c1-7(11)8(5-12)6-14-10(13)9-3-2-4-15-9/h2,4-7H,3,12-13H2,1H3/b8-5+,10-9-,14-6+. The van der Waals surface area contributed by atoms with Crippen molar-refractivity contribution < 1.29 is 0 Å². The van der Waals surface area contributed by atoms with Gasteiger partial charge in [-0.2, -0.15) is 0 Å². The van der Waals surface area contributed by atoms with Crippen LogP contribution in [0.1, 0.15) is 13.3 Å². The second kappa shape index (κ2) is 5.88. The van der Waals surface area contributed by atoms with Crippen LogP contribution in [0.5, 0.6) is 0 Å². The number of nitrogens with zero attached hydrogens (tertiary/aromatic N) is 1. The van der Waals surface area contributed by atoms with Gasteiger partial charge < -0.3 is 11.5 Å². The van der Waals surface area contributed by atoms with Crippen LogP contribution in [-0.2, 0) is 0 Å². The van der Waals surface area contributed by atoms with Gasteiger partial charge in [0.1, 0.15) is 5.82 Å². The largest absolute Gasteiger partial charge is 0.404 e. The highest BCUT2D eigenvalue weighted by molar-refractivity contribution is 8.06. The van der Waals surface area contributed by atoms with Gasteiger partial charge >= 0.3 is 0 Å². The lowest BCUT2D eigenvalue weighted by atomic mass is 10.2. The van der Waals surface area contributed by atoms with E-state index >= 15 is 0 Å². The molecular formula is C10H14ClN3S. The van der Waals surface area contributed by atoms with E-state index in [9.17, 15) is 0 Å². The van der Waals surface area contributed by atoms with E-state index in [1.165, 1.54) is 6.20 Å². The molecule has 1 atom stereocenters. The van der Waals surface area contributed by atoms with Crippen LogP contribution >= 0.6 is 23.4 Å². The van der Waals surface area contributed by atoms with Gasteiger partial charge in [-0.15, -0.1) is 11.6 Å². The molecule has 0 spiro atoms. The first-order chi connectivity index (χ1) is 7.15. The van der Waals surface area contributed by atoms with E-state index < -0.39 is 0 Å². The SMILES string of the molecule is CC(Cl)C(/C=N/C(N)=C1/CC=CS1)=C/N. The third-order valence-corrected chi connectivity index (χ3v) is 3.14. The molecule has 0 bridgehead atoms. The van der Waals surface area contributed by atoms with Crippen molar-refractivity contribution in [1.29, 1.82) is 0 Å². The van der Waals surface area contributed by atoms with Gasteiger partial charge in [-0.25, -0.2) is 4.99 Å². The van der Waals surface area contributed by atoms with Crippen LogP contribution in [-0.4, -0.2) is 11.6 Å². The molecule has 0 aliphatic carbocycles. The predicted molar refractivity (Wildman–Crippen MR) is 68.6 cm³/mol. The molecule has 0 aromatic carbocycles. The van der Waals surface area contributed by atoms with Crippen molar-refractivity contribution in [2.75, 3.05) is 0 Å². The normalized spacial score (nSPS) is 22.4. The molecule has 4 N–H and O–H groups in total. The van der Waals surface area contributed by atoms with Crippen molar-refractivity contribution in [3.8, 4) is 0 Å². The summed E-state index contributed by atoms with van der Waals surface area (Å²) in [5.41, 5.74) is 12.0. The lowest BCUT2D eigenvalue weighted by Gasteiger charge is -2.03. The molecule has 1 aliphatic rings. The van der Waals surface area contributed by atoms with Crippen molar-refractivity contribution in [3.05, 3.63) is 34.0 Å². The van der Waals surface area contributed by atoms with Crippen LogP contribution in [0, 0.1) is 0 Å². The third kappa shape index (κ3) is 3.64. The number of allylic oxidation sites excluding steroid dienone is 3. The Hall–Kier alpha value is -0.870. The molecule has 0 amide bonds. The van der Waals surface area contributed by atoms with Crippen LogP contribution in [0.2, 0.25) is 0 Å². The average molecular weight is 244 g/mol. The molecule has 3 nitrogen and oxygen atoms in total. The molecule has 0 aromatic heterocycles. The van der Waals surface area contributed by atoms with Gasteiger partial charge in [0, 0.05) is 29.3 Å². The van der Waals surface area contributed by atoms with Crippen molar-refractivity contribution in [1.82, 2.24) is 0 Å². The lowest BCUT2D eigenvalue weighted by Crippen LogP contribution is -2.04. The zero-order valence-electron chi connectivity index (χ0n) is 8.48. The van der Waals surface area contributed by atoms with Gasteiger partial charge in [0.2, 0.25) is 0 Å². The second-order valence-corrected chi connectivity index (χ2v) is 4.70. The highest BCUT2D eigenvalue weighted by atomic mass is 35.5. The summed E-state index contributed by atoms with van der Waals surface area (Å²) in [6, 6.07) is 0. The molecule has 0 fully saturated rings. The number of halogens is 1. The maximum absolute atomic E-state index is 5.87. The van der Waals surface area contributed by atoms with Gasteiger partial charge in [-0.1, -0.05) is 17.8 Å². The van der Waals surface area contributed by atoms with Crippen LogP contribution in [0.15, 0.2) is 39.0 Å². The van der Waals surface area contributed by atoms with E-state index in [0.29, 0.717) is 5.82 Å². The van der Waals surface area contributed by atoms with Crippen LogP contribution < -0.4 is 11.5 Å². The highest BCUT2D eigenvalue weighted by Gasteiger charge is 2.06. The Morgan fingerprint density at radius 3 is 2.93 bits per heavy atom. The van der Waals surface area contributed by atoms with E-state index in [1.807, 2.05) is 18.4 Å². The zero-order chi connectivity index (χ0) is 11.3. The average Bonchev–Trinajstić information content (AvgIpc) is 2.70. The summed E-state index contributed by atoms with van der Waals surface area (Å²) in [5.74, 6) is 0.529. The molecule has 15 heavy (non-hydrogen) atoms. The van der Waals surface area contributed by atoms with Crippen molar-refractivity contribution >= 4 is 29.6 Å². The van der Waals surface area contributed by atoms with E-state index in [4.69, 9.17) is 23.1 Å². The first kappa shape index (κ1) is 12.2. The van der Waals surface area contributed by atoms with Crippen molar-refractivity contribution in [3.63, 3.8) is 0 Å². The molecule has 0 aromatic rings. The molecule has 0 saturated carbocycles. The monoisotopic (exact) mass is 243 g/mol. The molecular weight excluding hydrogens is 230 g/mol. The summed E-state index contributed by atoms with van der Waals surface area (Å²) in [7, 11) is 0. The first-order valence-electron chi connectivity index (χ1n) is 4.55. The van der Waals surface area contributed by atoms with E-state index in [0.717, 1.165) is 16.9 Å². The quantitative estimate of drug-likeness (QED) is 0.591. The summed E-state index contributed by atoms with van der Waals surface area (Å²) in [6.07, 6.45) is 5.95. The van der Waals surface area contributed by atoms with Crippen LogP contribution in [0.4, 0.5) is 0 Å². The number of alkyl halides is 1. The maximum Gasteiger partial charge on any atom is 0.133 e. The molecule has 1 aliphatic heterocycles. The van der Waals surface area contributed by atoms with Gasteiger partial charge in [0.25, 0.3) is 0 Å². The fourth-order valence-corrected chi connectivity index (χ4v) is 1.84. The minimum atomic E-state index is -0.161. The fraction of sp³-hybridized carbons (Fsp3) is 0.300. The Labute approximate surface area is 99.0 Å². The Morgan fingerprint density at radius 1 is 1.73 bits per heavy atom. The van der Waals surface area contributed by atoms with E-state index in [2.05, 4.69) is 4.99 Å². The molecule has 0 saturated heterocycles. The van der Waals surface area contributed by atoms with Crippen LogP contribution in [0.3, 0.4) is 0 Å². The first-order valence-corrected chi connectivity index (χ1v) is 5.87. The van der Waals surface area contributed by atoms with Crippen molar-refractivity contribution in [2.24, 2.45) is 16.5 Å². The molecule has 1 unspecified atom stereocenters. The third-order valence-electron chi connectivity index (χ3n) is 1.90. The van der Waals surface area contributed by atoms with Gasteiger partial charge in [0.15, 0.2) is 0 Å². The second-order valence-electron chi connectivity index (χ2n) is 3.04. The highest BCUT2D eigenvalue weighted by Crippen LogP contribution is 2.29. The molecule has 5 heteroatoms. The lowest BCUT2D eigenvalue weighted by molar-refractivity contribution is 1.15. The number of rotatable bonds is 3. The van der Waals surface area contributed by atoms with Crippen LogP contribution in [0.25, 0.3) is 0 Å². The van der Waals surface area contributed by atoms with E-state index in [1.54, 1.807) is 18.0 Å². The summed E-state index contributed by atoms with van der Waals surface area (Å²) in [6.45, 7) is 1.83. The topological polar surface area (TPSA) is 64.4 Å². The summed E-state index contributed by atoms with van der Waals surface area (Å²) >= 11 is 7.47. The van der Waals surface area contributed by atoms with Gasteiger partial charge in [-0.05, 0) is 12.3 Å². The Balaban J connectivity index is 2.68. The number of aliphatic imine (C=N–C) groups is 1. The number of hydrogen-bond acceptors (Lipinski definition) is 4. The van der Waals surface area contributed by atoms with Gasteiger partial charge in [0.05, 0.1) is 5.38 Å². The van der Waals surface area contributed by atoms with Crippen molar-refractivity contribution in [2.45, 2.75) is 18.7 Å². The summed E-state index contributed by atoms with van der Waals surface area (Å²) in [4.78, 5) is 5.20. The Morgan fingerprint density at radius 2 is 2.47 bits per heavy atom. The molecule has 82 valence electrons. The predicted octanol–water partition coefficient (Wildman–Crippen LogP) is 2.31. The van der Waals surface area contributed by atoms with Gasteiger partial charge in [-0.3, -0.25) is 0 Å².